The summed E-state index contributed by atoms with van der Waals surface area (Å²) in [6.45, 7) is 8.30. The Kier molecular flexibility index (Phi) is 11.2. The van der Waals surface area contributed by atoms with Gasteiger partial charge in [-0.2, -0.15) is 0 Å². The van der Waals surface area contributed by atoms with Crippen molar-refractivity contribution in [1.29, 1.82) is 0 Å². The fraction of sp³-hybridized carbons (Fsp3) is 1.00. The number of hydrogen-bond acceptors (Lipinski definition) is 3. The van der Waals surface area contributed by atoms with E-state index in [0.29, 0.717) is 0 Å². The average molecular weight is 193 g/mol. The summed E-state index contributed by atoms with van der Waals surface area (Å²) in [5.74, 6) is 0. The van der Waals surface area contributed by atoms with E-state index in [1.54, 1.807) is 14.2 Å². The zero-order valence-corrected chi connectivity index (χ0v) is 11.2. The SMILES string of the molecule is CCNCC.COC(C)([SiH3])OC. The topological polar surface area (TPSA) is 30.5 Å². The molecule has 0 rings (SSSR count). The Morgan fingerprint density at radius 3 is 1.50 bits per heavy atom. The van der Waals surface area contributed by atoms with Gasteiger partial charge in [0.15, 0.2) is 0 Å². The quantitative estimate of drug-likeness (QED) is 0.501. The van der Waals surface area contributed by atoms with E-state index in [9.17, 15) is 0 Å². The van der Waals surface area contributed by atoms with Crippen molar-refractivity contribution < 1.29 is 9.47 Å². The van der Waals surface area contributed by atoms with Crippen LogP contribution in [-0.4, -0.2) is 43.0 Å². The second-order valence-corrected chi connectivity index (χ2v) is 4.58. The van der Waals surface area contributed by atoms with Crippen LogP contribution in [0.5, 0.6) is 0 Å². The molecular weight excluding hydrogens is 170 g/mol. The van der Waals surface area contributed by atoms with E-state index < -0.39 is 0 Å². The monoisotopic (exact) mass is 193 g/mol. The lowest BCUT2D eigenvalue weighted by atomic mass is 10.7. The molecule has 0 spiro atoms. The highest BCUT2D eigenvalue weighted by Crippen LogP contribution is 2.00. The molecule has 76 valence electrons. The highest BCUT2D eigenvalue weighted by molar-refractivity contribution is 6.13. The third-order valence-electron chi connectivity index (χ3n) is 1.48. The summed E-state index contributed by atoms with van der Waals surface area (Å²) >= 11 is 0. The van der Waals surface area contributed by atoms with Gasteiger partial charge in [-0.15, -0.1) is 0 Å². The van der Waals surface area contributed by atoms with E-state index in [1.807, 2.05) is 6.92 Å². The molecule has 0 aliphatic carbocycles. The fourth-order valence-electron chi connectivity index (χ4n) is 0.333. The van der Waals surface area contributed by atoms with Gasteiger partial charge in [-0.1, -0.05) is 13.8 Å². The molecule has 0 aromatic rings. The van der Waals surface area contributed by atoms with E-state index in [4.69, 9.17) is 9.47 Å². The van der Waals surface area contributed by atoms with Crippen molar-refractivity contribution in [1.82, 2.24) is 5.32 Å². The van der Waals surface area contributed by atoms with Gasteiger partial charge in [0.1, 0.15) is 5.41 Å². The lowest BCUT2D eigenvalue weighted by Gasteiger charge is -2.20. The standard InChI is InChI=1S/C4H11N.C4H12O2Si/c1-3-5-4-2;1-4(7,5-2)6-3/h5H,3-4H2,1-2H3;1-3,7H3. The normalized spacial score (nSPS) is 10.8. The molecule has 0 unspecified atom stereocenters. The zero-order valence-electron chi connectivity index (χ0n) is 9.23. The van der Waals surface area contributed by atoms with Gasteiger partial charge in [-0.05, 0) is 20.0 Å². The maximum absolute atomic E-state index is 4.93. The van der Waals surface area contributed by atoms with Gasteiger partial charge in [0.05, 0.1) is 10.2 Å². The summed E-state index contributed by atoms with van der Waals surface area (Å²) in [7, 11) is 4.20. The first kappa shape index (κ1) is 14.6. The second-order valence-electron chi connectivity index (χ2n) is 2.77. The fourth-order valence-corrected chi connectivity index (χ4v) is 0.333. The number of nitrogens with one attached hydrogen (secondary N) is 1. The average Bonchev–Trinajstić information content (AvgIpc) is 2.07. The van der Waals surface area contributed by atoms with Crippen molar-refractivity contribution in [3.63, 3.8) is 0 Å². The van der Waals surface area contributed by atoms with E-state index >= 15 is 0 Å². The molecule has 0 aliphatic heterocycles. The maximum atomic E-state index is 4.93. The largest absolute Gasteiger partial charge is 0.358 e. The first-order chi connectivity index (χ1) is 5.54. The molecule has 0 bridgehead atoms. The van der Waals surface area contributed by atoms with E-state index in [1.165, 1.54) is 0 Å². The van der Waals surface area contributed by atoms with Crippen LogP contribution in [-0.2, 0) is 9.47 Å². The van der Waals surface area contributed by atoms with Crippen molar-refractivity contribution in [2.45, 2.75) is 26.2 Å². The van der Waals surface area contributed by atoms with Crippen LogP contribution in [0.15, 0.2) is 0 Å². The summed E-state index contributed by atoms with van der Waals surface area (Å²) in [5.41, 5.74) is -0.278. The molecule has 0 amide bonds. The molecule has 4 heteroatoms. The van der Waals surface area contributed by atoms with Crippen LogP contribution in [0.1, 0.15) is 20.8 Å². The van der Waals surface area contributed by atoms with Gasteiger partial charge in [0, 0.05) is 14.2 Å². The van der Waals surface area contributed by atoms with Gasteiger partial charge in [0.25, 0.3) is 0 Å². The third kappa shape index (κ3) is 12.7. The Morgan fingerprint density at radius 2 is 1.50 bits per heavy atom. The van der Waals surface area contributed by atoms with Gasteiger partial charge in [0.2, 0.25) is 0 Å². The number of ether oxygens (including phenoxy) is 2. The second kappa shape index (κ2) is 9.19. The van der Waals surface area contributed by atoms with Crippen LogP contribution < -0.4 is 5.32 Å². The molecule has 0 aliphatic rings. The molecule has 1 N–H and O–H groups in total. The summed E-state index contributed by atoms with van der Waals surface area (Å²) in [4.78, 5) is 0. The molecule has 0 saturated carbocycles. The highest BCUT2D eigenvalue weighted by Gasteiger charge is 2.11. The van der Waals surface area contributed by atoms with Gasteiger partial charge in [-0.3, -0.25) is 0 Å². The van der Waals surface area contributed by atoms with Crippen LogP contribution in [0.3, 0.4) is 0 Å². The van der Waals surface area contributed by atoms with Crippen LogP contribution in [0.2, 0.25) is 0 Å². The molecule has 12 heavy (non-hydrogen) atoms. The molecule has 0 radical (unpaired) electrons. The van der Waals surface area contributed by atoms with E-state index in [-0.39, 0.29) is 5.41 Å². The van der Waals surface area contributed by atoms with E-state index in [0.717, 1.165) is 23.3 Å². The molecule has 0 fully saturated rings. The first-order valence-electron chi connectivity index (χ1n) is 4.35. The number of hydrogen-bond donors (Lipinski definition) is 1. The molecule has 3 nitrogen and oxygen atoms in total. The summed E-state index contributed by atoms with van der Waals surface area (Å²) in [6.07, 6.45) is 0. The maximum Gasteiger partial charge on any atom is 0.138 e. The molecule has 0 heterocycles. The number of rotatable bonds is 4. The predicted molar refractivity (Wildman–Crippen MR) is 56.6 cm³/mol. The van der Waals surface area contributed by atoms with Crippen molar-refractivity contribution in [3.8, 4) is 0 Å². The molecule has 0 aromatic heterocycles. The Balaban J connectivity index is 0. The smallest absolute Gasteiger partial charge is 0.138 e. The summed E-state index contributed by atoms with van der Waals surface area (Å²) in [5, 5.41) is 3.11. The predicted octanol–water partition coefficient (Wildman–Crippen LogP) is -0.0659. The van der Waals surface area contributed by atoms with Gasteiger partial charge < -0.3 is 14.8 Å². The summed E-state index contributed by atoms with van der Waals surface area (Å²) in [6, 6.07) is 0. The molecule has 0 aromatic carbocycles. The van der Waals surface area contributed by atoms with Crippen molar-refractivity contribution in [3.05, 3.63) is 0 Å². The van der Waals surface area contributed by atoms with Crippen molar-refractivity contribution in [2.75, 3.05) is 27.3 Å². The van der Waals surface area contributed by atoms with Crippen LogP contribution in [0, 0.1) is 0 Å². The van der Waals surface area contributed by atoms with E-state index in [2.05, 4.69) is 19.2 Å². The summed E-state index contributed by atoms with van der Waals surface area (Å²) < 4.78 is 9.85. The minimum atomic E-state index is -0.278. The molecule has 0 atom stereocenters. The minimum Gasteiger partial charge on any atom is -0.358 e. The van der Waals surface area contributed by atoms with Gasteiger partial charge >= 0.3 is 0 Å². The Hall–Kier alpha value is 0.0969. The van der Waals surface area contributed by atoms with Crippen molar-refractivity contribution >= 4 is 10.2 Å². The molecule has 0 saturated heterocycles. The third-order valence-corrected chi connectivity index (χ3v) is 2.30. The zero-order chi connectivity index (χ0) is 10.0. The van der Waals surface area contributed by atoms with Crippen molar-refractivity contribution in [2.24, 2.45) is 0 Å². The Morgan fingerprint density at radius 1 is 1.17 bits per heavy atom. The Labute approximate surface area is 79.2 Å². The van der Waals surface area contributed by atoms with Crippen LogP contribution in [0.25, 0.3) is 0 Å². The highest BCUT2D eigenvalue weighted by atomic mass is 28.1. The first-order valence-corrected chi connectivity index (χ1v) is 5.35. The molecular formula is C8H23NO2Si. The van der Waals surface area contributed by atoms with Crippen LogP contribution >= 0.6 is 0 Å². The van der Waals surface area contributed by atoms with Crippen LogP contribution in [0.4, 0.5) is 0 Å². The minimum absolute atomic E-state index is 0.278. The lowest BCUT2D eigenvalue weighted by molar-refractivity contribution is -0.127. The van der Waals surface area contributed by atoms with Gasteiger partial charge in [-0.25, -0.2) is 0 Å². The Bertz CT molecular complexity index is 81.1. The lowest BCUT2D eigenvalue weighted by Crippen LogP contribution is -2.29. The number of methoxy groups -OCH3 is 2.